The molecule has 0 atom stereocenters. The number of sulfone groups is 1. The highest BCUT2D eigenvalue weighted by Crippen LogP contribution is 2.27. The third-order valence-electron chi connectivity index (χ3n) is 3.49. The Balaban J connectivity index is 2.17. The maximum Gasteiger partial charge on any atom is 0.194 e. The topological polar surface area (TPSA) is 51.2 Å². The highest BCUT2D eigenvalue weighted by atomic mass is 32.2. The lowest BCUT2D eigenvalue weighted by Crippen LogP contribution is -2.06. The standard InChI is InChI=1S/C19H14O3S/c20-19(17-9-5-2-6-10-17)18(15-7-3-1-4-8-15)16-11-13-23(21,22)14-12-16/h1-14H. The largest absolute Gasteiger partial charge is 0.289 e. The molecule has 0 saturated heterocycles. The molecule has 3 rings (SSSR count). The van der Waals surface area contributed by atoms with E-state index in [0.29, 0.717) is 16.7 Å². The van der Waals surface area contributed by atoms with Gasteiger partial charge in [0.25, 0.3) is 0 Å². The molecule has 0 radical (unpaired) electrons. The van der Waals surface area contributed by atoms with E-state index in [9.17, 15) is 13.2 Å². The van der Waals surface area contributed by atoms with Gasteiger partial charge in [-0.3, -0.25) is 4.79 Å². The second kappa shape index (κ2) is 6.18. The van der Waals surface area contributed by atoms with Gasteiger partial charge >= 0.3 is 0 Å². The highest BCUT2D eigenvalue weighted by molar-refractivity contribution is 7.97. The number of allylic oxidation sites excluding steroid dienone is 4. The Morgan fingerprint density at radius 1 is 0.696 bits per heavy atom. The van der Waals surface area contributed by atoms with E-state index >= 15 is 0 Å². The second-order valence-electron chi connectivity index (χ2n) is 5.09. The molecule has 0 unspecified atom stereocenters. The second-order valence-corrected chi connectivity index (χ2v) is 6.81. The smallest absolute Gasteiger partial charge is 0.194 e. The molecule has 1 heterocycles. The predicted octanol–water partition coefficient (Wildman–Crippen LogP) is 3.78. The van der Waals surface area contributed by atoms with Crippen molar-refractivity contribution in [2.75, 3.05) is 0 Å². The molecule has 0 saturated carbocycles. The van der Waals surface area contributed by atoms with Crippen LogP contribution in [0.25, 0.3) is 5.57 Å². The van der Waals surface area contributed by atoms with Crippen LogP contribution < -0.4 is 0 Å². The van der Waals surface area contributed by atoms with Crippen molar-refractivity contribution in [3.8, 4) is 0 Å². The Hall–Kier alpha value is -2.72. The molecule has 3 nitrogen and oxygen atoms in total. The van der Waals surface area contributed by atoms with Crippen molar-refractivity contribution in [1.82, 2.24) is 0 Å². The van der Waals surface area contributed by atoms with Crippen molar-refractivity contribution in [2.24, 2.45) is 0 Å². The number of hydrogen-bond acceptors (Lipinski definition) is 3. The fourth-order valence-corrected chi connectivity index (χ4v) is 3.13. The average molecular weight is 322 g/mol. The molecule has 4 heteroatoms. The summed E-state index contributed by atoms with van der Waals surface area (Å²) in [6.07, 6.45) is 2.94. The van der Waals surface area contributed by atoms with E-state index in [1.165, 1.54) is 12.2 Å². The highest BCUT2D eigenvalue weighted by Gasteiger charge is 2.19. The number of ketones is 1. The molecule has 1 aliphatic rings. The van der Waals surface area contributed by atoms with Crippen LogP contribution in [-0.2, 0) is 9.84 Å². The zero-order chi connectivity index (χ0) is 16.3. The third-order valence-corrected chi connectivity index (χ3v) is 4.52. The van der Waals surface area contributed by atoms with Crippen LogP contribution in [-0.4, -0.2) is 14.2 Å². The molecule has 1 aliphatic heterocycles. The number of carbonyl (C=O) groups is 1. The van der Waals surface area contributed by atoms with Crippen LogP contribution >= 0.6 is 0 Å². The van der Waals surface area contributed by atoms with Gasteiger partial charge in [0.15, 0.2) is 15.6 Å². The number of benzene rings is 2. The normalized spacial score (nSPS) is 15.4. The summed E-state index contributed by atoms with van der Waals surface area (Å²) in [6.45, 7) is 0. The van der Waals surface area contributed by atoms with Gasteiger partial charge in [0.2, 0.25) is 0 Å². The summed E-state index contributed by atoms with van der Waals surface area (Å²) in [5.74, 6) is -0.139. The van der Waals surface area contributed by atoms with E-state index in [0.717, 1.165) is 16.4 Å². The molecule has 23 heavy (non-hydrogen) atoms. The lowest BCUT2D eigenvalue weighted by molar-refractivity contribution is 0.105. The summed E-state index contributed by atoms with van der Waals surface area (Å²) in [5, 5.41) is 2.23. The van der Waals surface area contributed by atoms with Gasteiger partial charge < -0.3 is 0 Å². The van der Waals surface area contributed by atoms with Gasteiger partial charge in [-0.2, -0.15) is 0 Å². The van der Waals surface area contributed by atoms with E-state index < -0.39 is 9.84 Å². The molecule has 0 fully saturated rings. The number of rotatable bonds is 3. The summed E-state index contributed by atoms with van der Waals surface area (Å²) in [7, 11) is -3.33. The first-order chi connectivity index (χ1) is 11.1. The summed E-state index contributed by atoms with van der Waals surface area (Å²) in [6, 6.07) is 18.2. The van der Waals surface area contributed by atoms with Crippen molar-refractivity contribution in [2.45, 2.75) is 0 Å². The lowest BCUT2D eigenvalue weighted by atomic mass is 9.92. The molecule has 0 N–H and O–H groups in total. The third kappa shape index (κ3) is 3.38. The van der Waals surface area contributed by atoms with Crippen molar-refractivity contribution >= 4 is 21.2 Å². The first-order valence-electron chi connectivity index (χ1n) is 7.07. The van der Waals surface area contributed by atoms with Crippen LogP contribution in [0.15, 0.2) is 89.2 Å². The Morgan fingerprint density at radius 3 is 1.70 bits per heavy atom. The Labute approximate surface area is 135 Å². The Morgan fingerprint density at radius 2 is 1.17 bits per heavy atom. The SMILES string of the molecule is O=C(C(=C1C=CS(=O)(=O)C=C1)c1ccccc1)c1ccccc1. The van der Waals surface area contributed by atoms with Gasteiger partial charge in [-0.1, -0.05) is 60.7 Å². The van der Waals surface area contributed by atoms with Gasteiger partial charge in [-0.25, -0.2) is 8.42 Å². The summed E-state index contributed by atoms with van der Waals surface area (Å²) < 4.78 is 23.0. The van der Waals surface area contributed by atoms with Crippen molar-refractivity contribution in [3.05, 3.63) is 100 Å². The van der Waals surface area contributed by atoms with E-state index in [-0.39, 0.29) is 5.78 Å². The molecule has 0 aliphatic carbocycles. The fraction of sp³-hybridized carbons (Fsp3) is 0. The summed E-state index contributed by atoms with van der Waals surface area (Å²) in [4.78, 5) is 12.9. The quantitative estimate of drug-likeness (QED) is 0.638. The number of Topliss-reactive ketones (excluding diaryl/α,β-unsaturated/α-hetero) is 1. The van der Waals surface area contributed by atoms with Gasteiger partial charge in [0.05, 0.1) is 0 Å². The number of hydrogen-bond donors (Lipinski definition) is 0. The molecular formula is C19H14O3S. The molecule has 114 valence electrons. The number of carbonyl (C=O) groups excluding carboxylic acids is 1. The Bertz CT molecular complexity index is 897. The van der Waals surface area contributed by atoms with Crippen LogP contribution in [0.3, 0.4) is 0 Å². The van der Waals surface area contributed by atoms with Crippen LogP contribution in [0.4, 0.5) is 0 Å². The lowest BCUT2D eigenvalue weighted by Gasteiger charge is -2.12. The minimum Gasteiger partial charge on any atom is -0.289 e. The maximum absolute atomic E-state index is 12.9. The monoisotopic (exact) mass is 322 g/mol. The van der Waals surface area contributed by atoms with Gasteiger partial charge in [0, 0.05) is 22.0 Å². The predicted molar refractivity (Wildman–Crippen MR) is 91.3 cm³/mol. The molecule has 0 aromatic heterocycles. The van der Waals surface area contributed by atoms with E-state index in [1.54, 1.807) is 24.3 Å². The van der Waals surface area contributed by atoms with Crippen LogP contribution in [0.1, 0.15) is 15.9 Å². The fourth-order valence-electron chi connectivity index (χ4n) is 2.37. The van der Waals surface area contributed by atoms with E-state index in [4.69, 9.17) is 0 Å². The summed E-state index contributed by atoms with van der Waals surface area (Å²) >= 11 is 0. The minimum absolute atomic E-state index is 0.139. The zero-order valence-electron chi connectivity index (χ0n) is 12.2. The van der Waals surface area contributed by atoms with Crippen molar-refractivity contribution in [1.29, 1.82) is 0 Å². The first kappa shape index (κ1) is 15.2. The van der Waals surface area contributed by atoms with Crippen molar-refractivity contribution < 1.29 is 13.2 Å². The molecule has 0 bridgehead atoms. The average Bonchev–Trinajstić information content (AvgIpc) is 2.58. The molecule has 0 amide bonds. The van der Waals surface area contributed by atoms with Gasteiger partial charge in [0.1, 0.15) is 0 Å². The van der Waals surface area contributed by atoms with Gasteiger partial charge in [-0.05, 0) is 23.3 Å². The molecule has 2 aromatic rings. The first-order valence-corrected chi connectivity index (χ1v) is 8.68. The zero-order valence-corrected chi connectivity index (χ0v) is 13.0. The summed E-state index contributed by atoms with van der Waals surface area (Å²) in [5.41, 5.74) is 2.39. The molecular weight excluding hydrogens is 308 g/mol. The molecule has 0 spiro atoms. The van der Waals surface area contributed by atoms with Gasteiger partial charge in [-0.15, -0.1) is 0 Å². The van der Waals surface area contributed by atoms with E-state index in [2.05, 4.69) is 0 Å². The Kier molecular flexibility index (Phi) is 4.08. The molecule has 2 aromatic carbocycles. The van der Waals surface area contributed by atoms with Crippen LogP contribution in [0.5, 0.6) is 0 Å². The van der Waals surface area contributed by atoms with E-state index in [1.807, 2.05) is 36.4 Å². The minimum atomic E-state index is -3.33. The van der Waals surface area contributed by atoms with Crippen LogP contribution in [0.2, 0.25) is 0 Å². The maximum atomic E-state index is 12.9. The van der Waals surface area contributed by atoms with Crippen molar-refractivity contribution in [3.63, 3.8) is 0 Å². The van der Waals surface area contributed by atoms with Crippen LogP contribution in [0, 0.1) is 0 Å².